The molecular weight excluding hydrogens is 388 g/mol. The SMILES string of the molecule is CCS(=O)(=O)N1CCC(C(=O)Nc2cc(C)nn2-c2cccc(Cl)c2)CC1. The van der Waals surface area contributed by atoms with E-state index in [4.69, 9.17) is 11.6 Å². The molecule has 0 aliphatic carbocycles. The minimum absolute atomic E-state index is 0.0853. The van der Waals surface area contributed by atoms with E-state index in [1.165, 1.54) is 4.31 Å². The van der Waals surface area contributed by atoms with E-state index < -0.39 is 10.0 Å². The zero-order chi connectivity index (χ0) is 19.6. The Morgan fingerprint density at radius 1 is 1.30 bits per heavy atom. The van der Waals surface area contributed by atoms with Gasteiger partial charge in [0.05, 0.1) is 17.1 Å². The lowest BCUT2D eigenvalue weighted by Gasteiger charge is -2.30. The number of piperidine rings is 1. The molecule has 1 aliphatic heterocycles. The van der Waals surface area contributed by atoms with E-state index in [2.05, 4.69) is 10.4 Å². The first-order valence-electron chi connectivity index (χ1n) is 8.91. The number of rotatable bonds is 5. The molecule has 146 valence electrons. The summed E-state index contributed by atoms with van der Waals surface area (Å²) in [7, 11) is -3.20. The third-order valence-electron chi connectivity index (χ3n) is 4.72. The average molecular weight is 411 g/mol. The van der Waals surface area contributed by atoms with Crippen LogP contribution >= 0.6 is 11.6 Å². The molecule has 1 amide bonds. The van der Waals surface area contributed by atoms with Crippen molar-refractivity contribution in [3.63, 3.8) is 0 Å². The second-order valence-corrected chi connectivity index (χ2v) is 9.32. The van der Waals surface area contributed by atoms with Crippen molar-refractivity contribution in [3.05, 3.63) is 41.0 Å². The maximum atomic E-state index is 12.7. The number of aromatic nitrogens is 2. The van der Waals surface area contributed by atoms with E-state index in [9.17, 15) is 13.2 Å². The third kappa shape index (κ3) is 4.51. The predicted molar refractivity (Wildman–Crippen MR) is 106 cm³/mol. The van der Waals surface area contributed by atoms with Crippen LogP contribution in [0.5, 0.6) is 0 Å². The fourth-order valence-electron chi connectivity index (χ4n) is 3.20. The maximum absolute atomic E-state index is 12.7. The number of amides is 1. The molecule has 1 fully saturated rings. The molecule has 0 radical (unpaired) electrons. The first kappa shape index (κ1) is 19.9. The number of benzene rings is 1. The first-order valence-corrected chi connectivity index (χ1v) is 10.9. The number of nitrogens with zero attached hydrogens (tertiary/aromatic N) is 3. The van der Waals surface area contributed by atoms with Crippen molar-refractivity contribution in [1.82, 2.24) is 14.1 Å². The number of anilines is 1. The van der Waals surface area contributed by atoms with Crippen LogP contribution in [0.15, 0.2) is 30.3 Å². The van der Waals surface area contributed by atoms with Crippen molar-refractivity contribution in [3.8, 4) is 5.69 Å². The highest BCUT2D eigenvalue weighted by atomic mass is 35.5. The summed E-state index contributed by atoms with van der Waals surface area (Å²) >= 11 is 6.06. The molecule has 9 heteroatoms. The van der Waals surface area contributed by atoms with Crippen LogP contribution in [-0.2, 0) is 14.8 Å². The van der Waals surface area contributed by atoms with Crippen LogP contribution in [0, 0.1) is 12.8 Å². The van der Waals surface area contributed by atoms with Crippen molar-refractivity contribution < 1.29 is 13.2 Å². The normalized spacial score (nSPS) is 16.4. The minimum Gasteiger partial charge on any atom is -0.310 e. The molecule has 1 N–H and O–H groups in total. The highest BCUT2D eigenvalue weighted by Crippen LogP contribution is 2.24. The molecule has 1 aromatic carbocycles. The van der Waals surface area contributed by atoms with Crippen molar-refractivity contribution in [1.29, 1.82) is 0 Å². The zero-order valence-corrected chi connectivity index (χ0v) is 16.9. The summed E-state index contributed by atoms with van der Waals surface area (Å²) < 4.78 is 27.0. The molecule has 2 aromatic rings. The van der Waals surface area contributed by atoms with Crippen LogP contribution in [0.3, 0.4) is 0 Å². The number of aryl methyl sites for hydroxylation is 1. The molecule has 0 saturated carbocycles. The highest BCUT2D eigenvalue weighted by molar-refractivity contribution is 7.89. The summed E-state index contributed by atoms with van der Waals surface area (Å²) in [6, 6.07) is 9.04. The van der Waals surface area contributed by atoms with Crippen LogP contribution in [0.2, 0.25) is 5.02 Å². The lowest BCUT2D eigenvalue weighted by molar-refractivity contribution is -0.120. The van der Waals surface area contributed by atoms with E-state index in [-0.39, 0.29) is 17.6 Å². The molecule has 27 heavy (non-hydrogen) atoms. The fraction of sp³-hybridized carbons (Fsp3) is 0.444. The van der Waals surface area contributed by atoms with E-state index in [0.717, 1.165) is 11.4 Å². The Hall–Kier alpha value is -1.90. The Kier molecular flexibility index (Phi) is 5.88. The highest BCUT2D eigenvalue weighted by Gasteiger charge is 2.30. The Labute approximate surface area is 164 Å². The number of nitrogens with one attached hydrogen (secondary N) is 1. The predicted octanol–water partition coefficient (Wildman–Crippen LogP) is 2.83. The van der Waals surface area contributed by atoms with Gasteiger partial charge in [0, 0.05) is 30.1 Å². The molecule has 1 saturated heterocycles. The molecule has 1 aliphatic rings. The molecule has 0 atom stereocenters. The van der Waals surface area contributed by atoms with Gasteiger partial charge in [-0.3, -0.25) is 4.79 Å². The third-order valence-corrected chi connectivity index (χ3v) is 6.84. The number of hydrogen-bond acceptors (Lipinski definition) is 4. The molecule has 3 rings (SSSR count). The van der Waals surface area contributed by atoms with Gasteiger partial charge in [0.2, 0.25) is 15.9 Å². The van der Waals surface area contributed by atoms with Crippen LogP contribution in [-0.4, -0.2) is 47.3 Å². The van der Waals surface area contributed by atoms with Gasteiger partial charge >= 0.3 is 0 Å². The van der Waals surface area contributed by atoms with Crippen molar-refractivity contribution >= 4 is 33.3 Å². The molecule has 0 spiro atoms. The molecular formula is C18H23ClN4O3S. The number of halogens is 1. The van der Waals surface area contributed by atoms with Crippen molar-refractivity contribution in [2.24, 2.45) is 5.92 Å². The van der Waals surface area contributed by atoms with Gasteiger partial charge in [-0.05, 0) is 44.9 Å². The van der Waals surface area contributed by atoms with Gasteiger partial charge in [-0.2, -0.15) is 5.10 Å². The lowest BCUT2D eigenvalue weighted by atomic mass is 9.97. The van der Waals surface area contributed by atoms with Crippen molar-refractivity contribution in [2.45, 2.75) is 26.7 Å². The largest absolute Gasteiger partial charge is 0.310 e. The summed E-state index contributed by atoms with van der Waals surface area (Å²) in [5.74, 6) is 0.313. The zero-order valence-electron chi connectivity index (χ0n) is 15.4. The number of carbonyl (C=O) groups excluding carboxylic acids is 1. The molecule has 7 nitrogen and oxygen atoms in total. The summed E-state index contributed by atoms with van der Waals surface area (Å²) in [4.78, 5) is 12.7. The molecule has 1 aromatic heterocycles. The fourth-order valence-corrected chi connectivity index (χ4v) is 4.52. The van der Waals surface area contributed by atoms with Gasteiger partial charge in [-0.15, -0.1) is 0 Å². The average Bonchev–Trinajstić information content (AvgIpc) is 3.02. The first-order chi connectivity index (χ1) is 12.8. The Balaban J connectivity index is 1.71. The van der Waals surface area contributed by atoms with Crippen molar-refractivity contribution in [2.75, 3.05) is 24.2 Å². The van der Waals surface area contributed by atoms with E-state index in [1.807, 2.05) is 19.1 Å². The minimum atomic E-state index is -3.20. The second-order valence-electron chi connectivity index (χ2n) is 6.63. The van der Waals surface area contributed by atoms with E-state index in [1.54, 1.807) is 29.8 Å². The monoisotopic (exact) mass is 410 g/mol. The summed E-state index contributed by atoms with van der Waals surface area (Å²) in [6.45, 7) is 4.24. The summed E-state index contributed by atoms with van der Waals surface area (Å²) in [5.41, 5.74) is 1.53. The second kappa shape index (κ2) is 8.00. The van der Waals surface area contributed by atoms with E-state index in [0.29, 0.717) is 36.8 Å². The van der Waals surface area contributed by atoms with Crippen LogP contribution in [0.4, 0.5) is 5.82 Å². The number of carbonyl (C=O) groups is 1. The topological polar surface area (TPSA) is 84.3 Å². The van der Waals surface area contributed by atoms with Crippen LogP contribution in [0.25, 0.3) is 5.69 Å². The smallest absolute Gasteiger partial charge is 0.228 e. The molecule has 0 unspecified atom stereocenters. The van der Waals surface area contributed by atoms with Gasteiger partial charge in [-0.25, -0.2) is 17.4 Å². The van der Waals surface area contributed by atoms with Gasteiger partial charge in [-0.1, -0.05) is 17.7 Å². The number of sulfonamides is 1. The van der Waals surface area contributed by atoms with Gasteiger partial charge in [0.1, 0.15) is 5.82 Å². The molecule has 0 bridgehead atoms. The Morgan fingerprint density at radius 2 is 2.00 bits per heavy atom. The van der Waals surface area contributed by atoms with Gasteiger partial charge < -0.3 is 5.32 Å². The van der Waals surface area contributed by atoms with Gasteiger partial charge in [0.25, 0.3) is 0 Å². The Bertz CT molecular complexity index is 934. The number of hydrogen-bond donors (Lipinski definition) is 1. The Morgan fingerprint density at radius 3 is 2.63 bits per heavy atom. The standard InChI is InChI=1S/C18H23ClN4O3S/c1-3-27(25,26)22-9-7-14(8-10-22)18(24)20-17-11-13(2)21-23(17)16-6-4-5-15(19)12-16/h4-6,11-12,14H,3,7-10H2,1-2H3,(H,20,24). The summed E-state index contributed by atoms with van der Waals surface area (Å²) in [6.07, 6.45) is 1.02. The lowest BCUT2D eigenvalue weighted by Crippen LogP contribution is -2.42. The van der Waals surface area contributed by atoms with E-state index >= 15 is 0 Å². The van der Waals surface area contributed by atoms with Crippen LogP contribution < -0.4 is 5.32 Å². The maximum Gasteiger partial charge on any atom is 0.228 e. The van der Waals surface area contributed by atoms with Gasteiger partial charge in [0.15, 0.2) is 0 Å². The summed E-state index contributed by atoms with van der Waals surface area (Å²) in [5, 5.41) is 7.95. The molecule has 2 heterocycles. The quantitative estimate of drug-likeness (QED) is 0.821. The van der Waals surface area contributed by atoms with Crippen LogP contribution in [0.1, 0.15) is 25.5 Å².